The number of carbonyl (C=O) groups excluding carboxylic acids is 1. The Balaban J connectivity index is 1.53. The lowest BCUT2D eigenvalue weighted by atomic mass is 10.1. The van der Waals surface area contributed by atoms with Gasteiger partial charge in [0, 0.05) is 34.6 Å². The topological polar surface area (TPSA) is 46.9 Å². The fourth-order valence-electron chi connectivity index (χ4n) is 3.41. The first-order chi connectivity index (χ1) is 13.2. The van der Waals surface area contributed by atoms with E-state index >= 15 is 0 Å². The quantitative estimate of drug-likeness (QED) is 0.454. The predicted molar refractivity (Wildman–Crippen MR) is 111 cm³/mol. The number of anilines is 1. The Labute approximate surface area is 158 Å². The van der Waals surface area contributed by atoms with Crippen molar-refractivity contribution in [3.63, 3.8) is 0 Å². The van der Waals surface area contributed by atoms with Crippen molar-refractivity contribution in [3.05, 3.63) is 72.6 Å². The summed E-state index contributed by atoms with van der Waals surface area (Å²) in [7, 11) is 0. The van der Waals surface area contributed by atoms with Gasteiger partial charge in [-0.2, -0.15) is 0 Å². The van der Waals surface area contributed by atoms with Crippen molar-refractivity contribution in [2.24, 2.45) is 0 Å². The van der Waals surface area contributed by atoms with Crippen LogP contribution in [0.15, 0.2) is 67.0 Å². The normalized spacial score (nSPS) is 11.1. The highest BCUT2D eigenvalue weighted by atomic mass is 16.1. The maximum absolute atomic E-state index is 12.7. The average Bonchev–Trinajstić information content (AvgIpc) is 3.10. The third kappa shape index (κ3) is 3.70. The van der Waals surface area contributed by atoms with Gasteiger partial charge in [0.15, 0.2) is 0 Å². The zero-order valence-corrected chi connectivity index (χ0v) is 15.5. The molecule has 2 aromatic carbocycles. The first-order valence-electron chi connectivity index (χ1n) is 9.49. The first kappa shape index (κ1) is 17.3. The van der Waals surface area contributed by atoms with Crippen LogP contribution in [0.25, 0.3) is 21.8 Å². The van der Waals surface area contributed by atoms with Crippen LogP contribution in [0.1, 0.15) is 36.5 Å². The van der Waals surface area contributed by atoms with E-state index in [1.165, 1.54) is 24.8 Å². The van der Waals surface area contributed by atoms with Crippen LogP contribution in [0.2, 0.25) is 0 Å². The molecule has 0 aliphatic heterocycles. The number of nitrogens with zero attached hydrogens (tertiary/aromatic N) is 2. The van der Waals surface area contributed by atoms with Crippen LogP contribution >= 0.6 is 0 Å². The number of benzene rings is 2. The Morgan fingerprint density at radius 2 is 1.93 bits per heavy atom. The minimum atomic E-state index is -0.118. The van der Waals surface area contributed by atoms with E-state index in [4.69, 9.17) is 0 Å². The summed E-state index contributed by atoms with van der Waals surface area (Å²) in [5.41, 5.74) is 3.45. The standard InChI is InChI=1S/C23H23N3O/c1-2-3-6-12-26-13-11-18-14-19(9-10-22(18)26)23(27)25-20-15-17-7-4-5-8-21(17)24-16-20/h4-5,7-11,13-16H,2-3,6,12H2,1H3,(H,25,27). The molecule has 0 aliphatic rings. The Kier molecular flexibility index (Phi) is 4.88. The largest absolute Gasteiger partial charge is 0.347 e. The van der Waals surface area contributed by atoms with E-state index in [-0.39, 0.29) is 5.91 Å². The number of aryl methyl sites for hydroxylation is 1. The second kappa shape index (κ2) is 7.62. The van der Waals surface area contributed by atoms with Gasteiger partial charge >= 0.3 is 0 Å². The molecule has 1 amide bonds. The summed E-state index contributed by atoms with van der Waals surface area (Å²) >= 11 is 0. The van der Waals surface area contributed by atoms with Gasteiger partial charge in [0.2, 0.25) is 0 Å². The monoisotopic (exact) mass is 357 g/mol. The van der Waals surface area contributed by atoms with Gasteiger partial charge < -0.3 is 9.88 Å². The molecule has 136 valence electrons. The third-order valence-corrected chi connectivity index (χ3v) is 4.88. The van der Waals surface area contributed by atoms with Crippen molar-refractivity contribution in [2.45, 2.75) is 32.7 Å². The van der Waals surface area contributed by atoms with Gasteiger partial charge in [0.25, 0.3) is 5.91 Å². The minimum absolute atomic E-state index is 0.118. The molecular weight excluding hydrogens is 334 g/mol. The summed E-state index contributed by atoms with van der Waals surface area (Å²) in [6.45, 7) is 3.23. The number of para-hydroxylation sites is 1. The molecule has 0 bridgehead atoms. The van der Waals surface area contributed by atoms with Crippen molar-refractivity contribution in [3.8, 4) is 0 Å². The molecule has 0 unspecified atom stereocenters. The molecular formula is C23H23N3O. The van der Waals surface area contributed by atoms with Gasteiger partial charge in [0.05, 0.1) is 17.4 Å². The van der Waals surface area contributed by atoms with E-state index in [9.17, 15) is 4.79 Å². The van der Waals surface area contributed by atoms with E-state index in [2.05, 4.69) is 34.1 Å². The summed E-state index contributed by atoms with van der Waals surface area (Å²) in [5.74, 6) is -0.118. The summed E-state index contributed by atoms with van der Waals surface area (Å²) in [6, 6.07) is 17.8. The summed E-state index contributed by atoms with van der Waals surface area (Å²) < 4.78 is 2.26. The maximum Gasteiger partial charge on any atom is 0.255 e. The van der Waals surface area contributed by atoms with Crippen LogP contribution in [0, 0.1) is 0 Å². The van der Waals surface area contributed by atoms with E-state index in [0.29, 0.717) is 11.3 Å². The van der Waals surface area contributed by atoms with Gasteiger partial charge in [-0.15, -0.1) is 0 Å². The summed E-state index contributed by atoms with van der Waals surface area (Å²) in [6.07, 6.45) is 7.43. The Morgan fingerprint density at radius 1 is 1.04 bits per heavy atom. The number of carbonyl (C=O) groups is 1. The summed E-state index contributed by atoms with van der Waals surface area (Å²) in [4.78, 5) is 17.1. The van der Waals surface area contributed by atoms with Gasteiger partial charge in [-0.05, 0) is 42.8 Å². The third-order valence-electron chi connectivity index (χ3n) is 4.88. The second-order valence-corrected chi connectivity index (χ2v) is 6.86. The fourth-order valence-corrected chi connectivity index (χ4v) is 3.41. The number of nitrogens with one attached hydrogen (secondary N) is 1. The number of unbranched alkanes of at least 4 members (excludes halogenated alkanes) is 2. The van der Waals surface area contributed by atoms with Crippen LogP contribution in [-0.4, -0.2) is 15.5 Å². The molecule has 4 aromatic rings. The van der Waals surface area contributed by atoms with Crippen molar-refractivity contribution >= 4 is 33.4 Å². The van der Waals surface area contributed by atoms with Crippen molar-refractivity contribution < 1.29 is 4.79 Å². The molecule has 0 spiro atoms. The van der Waals surface area contributed by atoms with Crippen molar-refractivity contribution in [1.82, 2.24) is 9.55 Å². The highest BCUT2D eigenvalue weighted by molar-refractivity contribution is 6.06. The van der Waals surface area contributed by atoms with Crippen molar-refractivity contribution in [2.75, 3.05) is 5.32 Å². The van der Waals surface area contributed by atoms with Crippen LogP contribution < -0.4 is 5.32 Å². The molecule has 2 heterocycles. The molecule has 4 heteroatoms. The number of hydrogen-bond donors (Lipinski definition) is 1. The Morgan fingerprint density at radius 3 is 2.81 bits per heavy atom. The molecule has 0 atom stereocenters. The maximum atomic E-state index is 12.7. The fraction of sp³-hybridized carbons (Fsp3) is 0.217. The van der Waals surface area contributed by atoms with Crippen LogP contribution in [0.5, 0.6) is 0 Å². The van der Waals surface area contributed by atoms with Gasteiger partial charge in [-0.1, -0.05) is 38.0 Å². The Hall–Kier alpha value is -3.14. The van der Waals surface area contributed by atoms with E-state index in [1.807, 2.05) is 48.5 Å². The number of aromatic nitrogens is 2. The molecule has 0 saturated carbocycles. The molecule has 0 aliphatic carbocycles. The molecule has 2 aromatic heterocycles. The highest BCUT2D eigenvalue weighted by Crippen LogP contribution is 2.21. The molecule has 0 fully saturated rings. The molecule has 4 nitrogen and oxygen atoms in total. The Bertz CT molecular complexity index is 1100. The van der Waals surface area contributed by atoms with E-state index < -0.39 is 0 Å². The zero-order chi connectivity index (χ0) is 18.6. The van der Waals surface area contributed by atoms with Gasteiger partial charge in [-0.3, -0.25) is 9.78 Å². The predicted octanol–water partition coefficient (Wildman–Crippen LogP) is 5.63. The lowest BCUT2D eigenvalue weighted by Crippen LogP contribution is -2.12. The molecule has 4 rings (SSSR count). The number of hydrogen-bond acceptors (Lipinski definition) is 2. The molecule has 1 N–H and O–H groups in total. The second-order valence-electron chi connectivity index (χ2n) is 6.86. The first-order valence-corrected chi connectivity index (χ1v) is 9.49. The SMILES string of the molecule is CCCCCn1ccc2cc(C(=O)Nc3cnc4ccccc4c3)ccc21. The number of pyridine rings is 1. The number of amides is 1. The lowest BCUT2D eigenvalue weighted by molar-refractivity contribution is 0.102. The number of fused-ring (bicyclic) bond motifs is 2. The highest BCUT2D eigenvalue weighted by Gasteiger charge is 2.09. The molecule has 27 heavy (non-hydrogen) atoms. The minimum Gasteiger partial charge on any atom is -0.347 e. The zero-order valence-electron chi connectivity index (χ0n) is 15.5. The lowest BCUT2D eigenvalue weighted by Gasteiger charge is -2.08. The molecule has 0 radical (unpaired) electrons. The van der Waals surface area contributed by atoms with Gasteiger partial charge in [-0.25, -0.2) is 0 Å². The average molecular weight is 357 g/mol. The van der Waals surface area contributed by atoms with Crippen molar-refractivity contribution in [1.29, 1.82) is 0 Å². The number of rotatable bonds is 6. The van der Waals surface area contributed by atoms with Crippen LogP contribution in [0.3, 0.4) is 0 Å². The van der Waals surface area contributed by atoms with Crippen LogP contribution in [-0.2, 0) is 6.54 Å². The summed E-state index contributed by atoms with van der Waals surface area (Å²) in [5, 5.41) is 5.06. The van der Waals surface area contributed by atoms with Crippen LogP contribution in [0.4, 0.5) is 5.69 Å². The van der Waals surface area contributed by atoms with E-state index in [1.54, 1.807) is 6.20 Å². The van der Waals surface area contributed by atoms with E-state index in [0.717, 1.165) is 22.8 Å². The molecule has 0 saturated heterocycles. The smallest absolute Gasteiger partial charge is 0.255 e. The van der Waals surface area contributed by atoms with Gasteiger partial charge in [0.1, 0.15) is 0 Å².